The fourth-order valence-electron chi connectivity index (χ4n) is 1.59. The lowest BCUT2D eigenvalue weighted by Crippen LogP contribution is -2.42. The predicted molar refractivity (Wildman–Crippen MR) is 78.7 cm³/mol. The first kappa shape index (κ1) is 16.0. The maximum atomic E-state index is 8.83. The Bertz CT molecular complexity index is 467. The second kappa shape index (κ2) is 9.78. The molecule has 0 atom stereocenters. The zero-order valence-corrected chi connectivity index (χ0v) is 11.7. The zero-order chi connectivity index (χ0) is 14.6. The number of nitrogens with zero attached hydrogens (tertiary/aromatic N) is 2. The molecule has 6 nitrogen and oxygen atoms in total. The maximum absolute atomic E-state index is 8.83. The summed E-state index contributed by atoms with van der Waals surface area (Å²) >= 11 is 0. The lowest BCUT2D eigenvalue weighted by atomic mass is 10.1. The van der Waals surface area contributed by atoms with Crippen molar-refractivity contribution in [3.63, 3.8) is 0 Å². The van der Waals surface area contributed by atoms with Gasteiger partial charge in [-0.05, 0) is 31.0 Å². The fourth-order valence-corrected chi connectivity index (χ4v) is 1.59. The molecule has 0 amide bonds. The van der Waals surface area contributed by atoms with Gasteiger partial charge in [0.1, 0.15) is 0 Å². The lowest BCUT2D eigenvalue weighted by molar-refractivity contribution is 0.145. The van der Waals surface area contributed by atoms with Gasteiger partial charge < -0.3 is 10.1 Å². The Morgan fingerprint density at radius 3 is 3.05 bits per heavy atom. The van der Waals surface area contributed by atoms with Crippen molar-refractivity contribution in [2.24, 2.45) is 10.8 Å². The molecule has 20 heavy (non-hydrogen) atoms. The molecule has 6 heteroatoms. The minimum atomic E-state index is 0.466. The van der Waals surface area contributed by atoms with Crippen molar-refractivity contribution in [1.82, 2.24) is 10.7 Å². The number of ether oxygens (including phenoxy) is 1. The average molecular weight is 275 g/mol. The van der Waals surface area contributed by atoms with Crippen LogP contribution in [0.25, 0.3) is 0 Å². The van der Waals surface area contributed by atoms with E-state index < -0.39 is 0 Å². The number of nitriles is 1. The van der Waals surface area contributed by atoms with Gasteiger partial charge >= 0.3 is 0 Å². The van der Waals surface area contributed by atoms with Crippen molar-refractivity contribution < 1.29 is 4.74 Å². The van der Waals surface area contributed by atoms with Crippen molar-refractivity contribution in [3.8, 4) is 6.07 Å². The van der Waals surface area contributed by atoms with Crippen LogP contribution in [0.3, 0.4) is 0 Å². The summed E-state index contributed by atoms with van der Waals surface area (Å²) in [7, 11) is 0. The molecule has 1 rings (SSSR count). The highest BCUT2D eigenvalue weighted by molar-refractivity contribution is 5.79. The summed E-state index contributed by atoms with van der Waals surface area (Å²) in [6.45, 7) is 4.61. The standard InChI is InChI=1S/C14H21N5O/c1-2-20-8-4-7-17-14(19-16)18-11-13-6-3-5-12(9-13)10-15/h3,5-6,9H,2,4,7-8,11,16H2,1H3,(H2,17,18,19). The first-order chi connectivity index (χ1) is 9.80. The van der Waals surface area contributed by atoms with E-state index in [4.69, 9.17) is 15.8 Å². The number of hydrogen-bond donors (Lipinski definition) is 3. The van der Waals surface area contributed by atoms with Gasteiger partial charge in [-0.1, -0.05) is 12.1 Å². The average Bonchev–Trinajstić information content (AvgIpc) is 2.50. The van der Waals surface area contributed by atoms with E-state index in [1.54, 1.807) is 6.07 Å². The van der Waals surface area contributed by atoms with E-state index >= 15 is 0 Å². The minimum Gasteiger partial charge on any atom is -0.382 e. The second-order valence-electron chi connectivity index (χ2n) is 4.10. The molecule has 108 valence electrons. The van der Waals surface area contributed by atoms with Gasteiger partial charge in [-0.25, -0.2) is 10.8 Å². The summed E-state index contributed by atoms with van der Waals surface area (Å²) in [5, 5.41) is 11.9. The molecule has 0 spiro atoms. The van der Waals surface area contributed by atoms with E-state index in [0.717, 1.165) is 25.1 Å². The van der Waals surface area contributed by atoms with Crippen LogP contribution in [0.5, 0.6) is 0 Å². The molecule has 0 aliphatic rings. The Kier molecular flexibility index (Phi) is 7.80. The molecule has 0 aromatic heterocycles. The Morgan fingerprint density at radius 2 is 2.35 bits per heavy atom. The number of benzene rings is 1. The molecule has 1 aromatic carbocycles. The van der Waals surface area contributed by atoms with Crippen molar-refractivity contribution in [3.05, 3.63) is 35.4 Å². The van der Waals surface area contributed by atoms with E-state index in [1.165, 1.54) is 0 Å². The van der Waals surface area contributed by atoms with Crippen LogP contribution < -0.4 is 16.6 Å². The number of aliphatic imine (C=N–C) groups is 1. The van der Waals surface area contributed by atoms with Gasteiger partial charge in [-0.2, -0.15) is 5.26 Å². The van der Waals surface area contributed by atoms with Crippen LogP contribution in [-0.4, -0.2) is 25.7 Å². The van der Waals surface area contributed by atoms with Gasteiger partial charge in [-0.3, -0.25) is 5.43 Å². The summed E-state index contributed by atoms with van der Waals surface area (Å²) in [5.41, 5.74) is 4.12. The predicted octanol–water partition coefficient (Wildman–Crippen LogP) is 0.894. The van der Waals surface area contributed by atoms with E-state index in [-0.39, 0.29) is 0 Å². The summed E-state index contributed by atoms with van der Waals surface area (Å²) in [5.74, 6) is 5.94. The van der Waals surface area contributed by atoms with Crippen LogP contribution >= 0.6 is 0 Å². The molecule has 0 bridgehead atoms. The number of nitrogens with one attached hydrogen (secondary N) is 2. The molecule has 4 N–H and O–H groups in total. The van der Waals surface area contributed by atoms with Gasteiger partial charge in [0.15, 0.2) is 0 Å². The third-order valence-electron chi connectivity index (χ3n) is 2.57. The van der Waals surface area contributed by atoms with Crippen molar-refractivity contribution in [2.75, 3.05) is 19.8 Å². The lowest BCUT2D eigenvalue weighted by Gasteiger charge is -2.09. The monoisotopic (exact) mass is 275 g/mol. The molecular weight excluding hydrogens is 254 g/mol. The number of guanidine groups is 1. The second-order valence-corrected chi connectivity index (χ2v) is 4.10. The fraction of sp³-hybridized carbons (Fsp3) is 0.429. The molecule has 0 aliphatic heterocycles. The maximum Gasteiger partial charge on any atom is 0.206 e. The van der Waals surface area contributed by atoms with E-state index in [2.05, 4.69) is 21.8 Å². The topological polar surface area (TPSA) is 95.5 Å². The highest BCUT2D eigenvalue weighted by Gasteiger charge is 1.97. The summed E-state index contributed by atoms with van der Waals surface area (Å²) in [4.78, 5) is 4.32. The largest absolute Gasteiger partial charge is 0.382 e. The van der Waals surface area contributed by atoms with Crippen LogP contribution in [0.1, 0.15) is 24.5 Å². The first-order valence-corrected chi connectivity index (χ1v) is 6.62. The smallest absolute Gasteiger partial charge is 0.206 e. The Balaban J connectivity index is 2.42. The number of hydrogen-bond acceptors (Lipinski definition) is 4. The Labute approximate surface area is 119 Å². The molecule has 1 aromatic rings. The number of rotatable bonds is 7. The number of hydrazine groups is 1. The van der Waals surface area contributed by atoms with E-state index in [9.17, 15) is 0 Å². The molecule has 0 unspecified atom stereocenters. The Hall–Kier alpha value is -2.10. The van der Waals surface area contributed by atoms with Crippen molar-refractivity contribution in [2.45, 2.75) is 19.9 Å². The third kappa shape index (κ3) is 6.18. The van der Waals surface area contributed by atoms with Gasteiger partial charge in [0.2, 0.25) is 5.96 Å². The van der Waals surface area contributed by atoms with Crippen LogP contribution in [0.2, 0.25) is 0 Å². The van der Waals surface area contributed by atoms with Crippen molar-refractivity contribution >= 4 is 5.96 Å². The molecule has 0 fully saturated rings. The Morgan fingerprint density at radius 1 is 1.50 bits per heavy atom. The number of nitrogens with two attached hydrogens (primary N) is 1. The van der Waals surface area contributed by atoms with E-state index in [0.29, 0.717) is 24.7 Å². The van der Waals surface area contributed by atoms with Crippen LogP contribution in [0.4, 0.5) is 0 Å². The SMILES string of the molecule is CCOCCCNC(=NCc1cccc(C#N)c1)NN. The third-order valence-corrected chi connectivity index (χ3v) is 2.57. The quantitative estimate of drug-likeness (QED) is 0.226. The van der Waals surface area contributed by atoms with Crippen LogP contribution in [0.15, 0.2) is 29.3 Å². The van der Waals surface area contributed by atoms with Crippen LogP contribution in [-0.2, 0) is 11.3 Å². The van der Waals surface area contributed by atoms with Gasteiger partial charge in [0, 0.05) is 19.8 Å². The van der Waals surface area contributed by atoms with Crippen LogP contribution in [0, 0.1) is 11.3 Å². The molecule has 0 heterocycles. The molecule has 0 radical (unpaired) electrons. The normalized spacial score (nSPS) is 10.9. The zero-order valence-electron chi connectivity index (χ0n) is 11.7. The summed E-state index contributed by atoms with van der Waals surface area (Å²) < 4.78 is 5.24. The molecular formula is C14H21N5O. The molecule has 0 saturated carbocycles. The summed E-state index contributed by atoms with van der Waals surface area (Å²) in [6.07, 6.45) is 0.887. The van der Waals surface area contributed by atoms with Crippen molar-refractivity contribution in [1.29, 1.82) is 5.26 Å². The molecule has 0 aliphatic carbocycles. The van der Waals surface area contributed by atoms with Gasteiger partial charge in [-0.15, -0.1) is 0 Å². The summed E-state index contributed by atoms with van der Waals surface area (Å²) in [6, 6.07) is 9.45. The van der Waals surface area contributed by atoms with Gasteiger partial charge in [0.05, 0.1) is 18.2 Å². The highest BCUT2D eigenvalue weighted by atomic mass is 16.5. The highest BCUT2D eigenvalue weighted by Crippen LogP contribution is 2.05. The first-order valence-electron chi connectivity index (χ1n) is 6.62. The molecule has 0 saturated heterocycles. The van der Waals surface area contributed by atoms with E-state index in [1.807, 2.05) is 25.1 Å². The minimum absolute atomic E-state index is 0.466. The van der Waals surface area contributed by atoms with Gasteiger partial charge in [0.25, 0.3) is 0 Å².